The normalized spacial score (nSPS) is 15.8. The molecular formula is C20H34N6O6. The zero-order valence-electron chi connectivity index (χ0n) is 18.8. The van der Waals surface area contributed by atoms with Crippen LogP contribution in [0.2, 0.25) is 0 Å². The molecule has 0 saturated carbocycles. The first-order valence-electron chi connectivity index (χ1n) is 10.5. The third-order valence-electron chi connectivity index (χ3n) is 5.23. The van der Waals surface area contributed by atoms with Crippen LogP contribution in [0.1, 0.15) is 39.8 Å². The molecule has 5 unspecified atom stereocenters. The maximum Gasteiger partial charge on any atom is 0.326 e. The van der Waals surface area contributed by atoms with Crippen LogP contribution in [0, 0.1) is 11.8 Å². The molecule has 32 heavy (non-hydrogen) atoms. The van der Waals surface area contributed by atoms with Gasteiger partial charge in [-0.3, -0.25) is 14.4 Å². The van der Waals surface area contributed by atoms with E-state index in [1.807, 2.05) is 0 Å². The van der Waals surface area contributed by atoms with Crippen LogP contribution < -0.4 is 21.7 Å². The topological polar surface area (TPSA) is 200 Å². The number of carbonyl (C=O) groups excluding carboxylic acids is 3. The number of aromatic nitrogens is 2. The van der Waals surface area contributed by atoms with E-state index < -0.39 is 54.5 Å². The molecule has 0 aliphatic rings. The first kappa shape index (κ1) is 27.0. The molecule has 0 radical (unpaired) electrons. The van der Waals surface area contributed by atoms with Crippen molar-refractivity contribution in [2.24, 2.45) is 17.6 Å². The summed E-state index contributed by atoms with van der Waals surface area (Å²) in [5.41, 5.74) is 6.41. The molecule has 0 spiro atoms. The summed E-state index contributed by atoms with van der Waals surface area (Å²) >= 11 is 0. The summed E-state index contributed by atoms with van der Waals surface area (Å²) in [6.07, 6.45) is 3.43. The van der Waals surface area contributed by atoms with E-state index >= 15 is 0 Å². The van der Waals surface area contributed by atoms with Crippen LogP contribution in [0.4, 0.5) is 0 Å². The molecular weight excluding hydrogens is 420 g/mol. The number of amides is 3. The van der Waals surface area contributed by atoms with Crippen molar-refractivity contribution in [1.82, 2.24) is 25.9 Å². The maximum absolute atomic E-state index is 12.9. The predicted molar refractivity (Wildman–Crippen MR) is 115 cm³/mol. The minimum absolute atomic E-state index is 0.0345. The van der Waals surface area contributed by atoms with Crippen LogP contribution in [0.3, 0.4) is 0 Å². The lowest BCUT2D eigenvalue weighted by atomic mass is 9.99. The highest BCUT2D eigenvalue weighted by Crippen LogP contribution is 2.08. The van der Waals surface area contributed by atoms with Gasteiger partial charge in [-0.1, -0.05) is 34.1 Å². The van der Waals surface area contributed by atoms with E-state index in [2.05, 4.69) is 25.9 Å². The van der Waals surface area contributed by atoms with Crippen molar-refractivity contribution >= 4 is 23.7 Å². The molecule has 3 amide bonds. The lowest BCUT2D eigenvalue weighted by molar-refractivity contribution is -0.144. The average molecular weight is 455 g/mol. The van der Waals surface area contributed by atoms with Crippen molar-refractivity contribution in [3.8, 4) is 0 Å². The Hall–Kier alpha value is -2.99. The average Bonchev–Trinajstić information content (AvgIpc) is 3.26. The van der Waals surface area contributed by atoms with E-state index in [1.165, 1.54) is 12.5 Å². The Bertz CT molecular complexity index is 769. The quantitative estimate of drug-likeness (QED) is 0.187. The number of nitrogens with zero attached hydrogens (tertiary/aromatic N) is 1. The number of nitrogens with two attached hydrogens (primary N) is 1. The molecule has 1 rings (SSSR count). The summed E-state index contributed by atoms with van der Waals surface area (Å²) < 4.78 is 0. The zero-order valence-corrected chi connectivity index (χ0v) is 18.8. The van der Waals surface area contributed by atoms with Gasteiger partial charge in [-0.25, -0.2) is 9.78 Å². The molecule has 12 heteroatoms. The highest BCUT2D eigenvalue weighted by atomic mass is 16.4. The lowest BCUT2D eigenvalue weighted by Gasteiger charge is -2.26. The van der Waals surface area contributed by atoms with Gasteiger partial charge < -0.3 is 36.9 Å². The first-order chi connectivity index (χ1) is 15.0. The number of aliphatic hydroxyl groups is 1. The highest BCUT2D eigenvalue weighted by Gasteiger charge is 2.32. The van der Waals surface area contributed by atoms with Crippen molar-refractivity contribution < 1.29 is 29.4 Å². The van der Waals surface area contributed by atoms with Gasteiger partial charge in [0.1, 0.15) is 18.1 Å². The van der Waals surface area contributed by atoms with Gasteiger partial charge >= 0.3 is 5.97 Å². The van der Waals surface area contributed by atoms with E-state index in [4.69, 9.17) is 5.73 Å². The van der Waals surface area contributed by atoms with Gasteiger partial charge in [-0.05, 0) is 11.8 Å². The summed E-state index contributed by atoms with van der Waals surface area (Å²) in [6.45, 7) is 6.20. The summed E-state index contributed by atoms with van der Waals surface area (Å²) in [7, 11) is 0. The number of nitrogens with one attached hydrogen (secondary N) is 4. The summed E-state index contributed by atoms with van der Waals surface area (Å²) in [6, 6.07) is -4.55. The second kappa shape index (κ2) is 12.8. The van der Waals surface area contributed by atoms with Crippen LogP contribution in [0.5, 0.6) is 0 Å². The van der Waals surface area contributed by atoms with Crippen LogP contribution in [0.15, 0.2) is 12.5 Å². The first-order valence-corrected chi connectivity index (χ1v) is 10.5. The number of aliphatic carboxylic acids is 1. The van der Waals surface area contributed by atoms with Crippen molar-refractivity contribution in [1.29, 1.82) is 0 Å². The molecule has 0 aliphatic carbocycles. The minimum Gasteiger partial charge on any atom is -0.480 e. The molecule has 0 bridgehead atoms. The standard InChI is InChI=1S/C20H34N6O6/c1-5-11(4)16(20(31)32)26-18(29)14(8-27)25-17(28)13(6-12-7-22-9-23-12)24-19(30)15(21)10(2)3/h7,9-11,13-16,27H,5-6,8,21H2,1-4H3,(H,22,23)(H,24,30)(H,25,28)(H,26,29)(H,31,32). The summed E-state index contributed by atoms with van der Waals surface area (Å²) in [4.78, 5) is 56.0. The molecule has 1 aromatic heterocycles. The Kier molecular flexibility index (Phi) is 10.8. The smallest absolute Gasteiger partial charge is 0.326 e. The second-order valence-electron chi connectivity index (χ2n) is 8.07. The number of aromatic amines is 1. The molecule has 0 aromatic carbocycles. The number of aliphatic hydroxyl groups excluding tert-OH is 1. The molecule has 12 nitrogen and oxygen atoms in total. The number of hydrogen-bond acceptors (Lipinski definition) is 7. The molecule has 5 atom stereocenters. The Morgan fingerprint density at radius 2 is 1.66 bits per heavy atom. The Labute approximate surface area is 186 Å². The van der Waals surface area contributed by atoms with Crippen LogP contribution in [-0.2, 0) is 25.6 Å². The zero-order chi connectivity index (χ0) is 24.4. The SMILES string of the molecule is CCC(C)C(NC(=O)C(CO)NC(=O)C(Cc1cnc[nH]1)NC(=O)C(N)C(C)C)C(=O)O. The summed E-state index contributed by atoms with van der Waals surface area (Å²) in [5, 5.41) is 26.3. The number of rotatable bonds is 13. The van der Waals surface area contributed by atoms with Crippen LogP contribution >= 0.6 is 0 Å². The number of H-pyrrole nitrogens is 1. The monoisotopic (exact) mass is 454 g/mol. The van der Waals surface area contributed by atoms with E-state index in [1.54, 1.807) is 27.7 Å². The number of imidazole rings is 1. The largest absolute Gasteiger partial charge is 0.480 e. The number of hydrogen-bond donors (Lipinski definition) is 7. The number of carbonyl (C=O) groups is 4. The number of carboxylic acids is 1. The fourth-order valence-electron chi connectivity index (χ4n) is 2.80. The van der Waals surface area contributed by atoms with Gasteiger partial charge in [0, 0.05) is 18.3 Å². The predicted octanol–water partition coefficient (Wildman–Crippen LogP) is -1.49. The molecule has 8 N–H and O–H groups in total. The molecule has 0 saturated heterocycles. The maximum atomic E-state index is 12.9. The third-order valence-corrected chi connectivity index (χ3v) is 5.23. The Balaban J connectivity index is 2.95. The van der Waals surface area contributed by atoms with Gasteiger partial charge in [0.25, 0.3) is 0 Å². The van der Waals surface area contributed by atoms with Crippen LogP contribution in [-0.4, -0.2) is 74.6 Å². The fraction of sp³-hybridized carbons (Fsp3) is 0.650. The van der Waals surface area contributed by atoms with E-state index in [-0.39, 0.29) is 18.3 Å². The highest BCUT2D eigenvalue weighted by molar-refractivity contribution is 5.94. The minimum atomic E-state index is -1.41. The van der Waals surface area contributed by atoms with E-state index in [0.29, 0.717) is 12.1 Å². The molecule has 0 aliphatic heterocycles. The van der Waals surface area contributed by atoms with Gasteiger partial charge in [0.05, 0.1) is 19.0 Å². The molecule has 180 valence electrons. The molecule has 1 aromatic rings. The van der Waals surface area contributed by atoms with Crippen LogP contribution in [0.25, 0.3) is 0 Å². The second-order valence-corrected chi connectivity index (χ2v) is 8.07. The molecule has 0 fully saturated rings. The van der Waals surface area contributed by atoms with Crippen molar-refractivity contribution in [3.63, 3.8) is 0 Å². The van der Waals surface area contributed by atoms with E-state index in [9.17, 15) is 29.4 Å². The van der Waals surface area contributed by atoms with Crippen molar-refractivity contribution in [3.05, 3.63) is 18.2 Å². The van der Waals surface area contributed by atoms with Crippen molar-refractivity contribution in [2.75, 3.05) is 6.61 Å². The van der Waals surface area contributed by atoms with Gasteiger partial charge in [0.2, 0.25) is 17.7 Å². The fourth-order valence-corrected chi connectivity index (χ4v) is 2.80. The van der Waals surface area contributed by atoms with E-state index in [0.717, 1.165) is 0 Å². The van der Waals surface area contributed by atoms with Gasteiger partial charge in [-0.2, -0.15) is 0 Å². The lowest BCUT2D eigenvalue weighted by Crippen LogP contribution is -2.59. The summed E-state index contributed by atoms with van der Waals surface area (Å²) in [5.74, 6) is -3.89. The third kappa shape index (κ3) is 7.93. The van der Waals surface area contributed by atoms with Gasteiger partial charge in [-0.15, -0.1) is 0 Å². The van der Waals surface area contributed by atoms with Crippen molar-refractivity contribution in [2.45, 2.75) is 64.7 Å². The molecule has 1 heterocycles. The van der Waals surface area contributed by atoms with Gasteiger partial charge in [0.15, 0.2) is 0 Å². The Morgan fingerprint density at radius 3 is 2.12 bits per heavy atom. The number of carboxylic acid groups (broad SMARTS) is 1. The Morgan fingerprint density at radius 1 is 1.06 bits per heavy atom.